The average molecular weight is 480 g/mol. The molecule has 34 heavy (non-hydrogen) atoms. The van der Waals surface area contributed by atoms with Crippen LogP contribution >= 0.6 is 0 Å². The van der Waals surface area contributed by atoms with E-state index in [4.69, 9.17) is 4.74 Å². The highest BCUT2D eigenvalue weighted by molar-refractivity contribution is 7.89. The van der Waals surface area contributed by atoms with Gasteiger partial charge in [0.15, 0.2) is 0 Å². The van der Waals surface area contributed by atoms with Crippen molar-refractivity contribution in [2.45, 2.75) is 17.7 Å². The lowest BCUT2D eigenvalue weighted by Crippen LogP contribution is -2.33. The number of hydrogen-bond donors (Lipinski definition) is 2. The van der Waals surface area contributed by atoms with E-state index >= 15 is 0 Å². The number of benzene rings is 2. The van der Waals surface area contributed by atoms with Gasteiger partial charge in [-0.25, -0.2) is 23.1 Å². The van der Waals surface area contributed by atoms with E-state index in [1.165, 1.54) is 12.8 Å². The van der Waals surface area contributed by atoms with E-state index in [1.807, 2.05) is 36.4 Å². The summed E-state index contributed by atoms with van der Waals surface area (Å²) in [5, 5.41) is 3.09. The number of rotatable bonds is 10. The maximum absolute atomic E-state index is 12.5. The van der Waals surface area contributed by atoms with Gasteiger partial charge in [0.05, 0.1) is 12.0 Å². The molecular formula is C25H29N5O3S. The molecule has 2 N–H and O–H groups in total. The predicted octanol–water partition coefficient (Wildman–Crippen LogP) is 3.77. The summed E-state index contributed by atoms with van der Waals surface area (Å²) < 4.78 is 33.0. The maximum Gasteiger partial charge on any atom is 0.240 e. The van der Waals surface area contributed by atoms with Crippen molar-refractivity contribution in [1.29, 1.82) is 0 Å². The van der Waals surface area contributed by atoms with E-state index in [0.717, 1.165) is 36.5 Å². The quantitative estimate of drug-likeness (QED) is 0.457. The van der Waals surface area contributed by atoms with Crippen LogP contribution in [0.1, 0.15) is 24.0 Å². The summed E-state index contributed by atoms with van der Waals surface area (Å²) in [7, 11) is -1.89. The number of sulfonamides is 1. The van der Waals surface area contributed by atoms with Crippen LogP contribution < -0.4 is 14.8 Å². The molecule has 0 saturated carbocycles. The number of methoxy groups -OCH3 is 1. The first-order chi connectivity index (χ1) is 16.5. The van der Waals surface area contributed by atoms with Crippen LogP contribution in [0.2, 0.25) is 0 Å². The topological polar surface area (TPSA) is 96.4 Å². The first kappa shape index (κ1) is 23.9. The highest BCUT2D eigenvalue weighted by Gasteiger charge is 2.16. The van der Waals surface area contributed by atoms with Crippen LogP contribution in [0.3, 0.4) is 0 Å². The maximum atomic E-state index is 12.5. The Bertz CT molecular complexity index is 1210. The molecule has 9 heteroatoms. The summed E-state index contributed by atoms with van der Waals surface area (Å²) in [6.07, 6.45) is 9.70. The molecule has 1 fully saturated rings. The zero-order chi connectivity index (χ0) is 23.8. The number of ether oxygens (including phenoxy) is 1. The zero-order valence-corrected chi connectivity index (χ0v) is 20.0. The summed E-state index contributed by atoms with van der Waals surface area (Å²) >= 11 is 0. The molecule has 0 unspecified atom stereocenters. The van der Waals surface area contributed by atoms with Crippen LogP contribution in [0, 0.1) is 0 Å². The van der Waals surface area contributed by atoms with Gasteiger partial charge in [0.25, 0.3) is 0 Å². The second-order valence-electron chi connectivity index (χ2n) is 8.05. The minimum absolute atomic E-state index is 0.235. The molecule has 1 aliphatic heterocycles. The van der Waals surface area contributed by atoms with Gasteiger partial charge in [-0.15, -0.1) is 0 Å². The van der Waals surface area contributed by atoms with Crippen LogP contribution in [0.4, 0.5) is 11.6 Å². The summed E-state index contributed by atoms with van der Waals surface area (Å²) in [5.41, 5.74) is 2.58. The van der Waals surface area contributed by atoms with Gasteiger partial charge in [-0.3, -0.25) is 0 Å². The molecule has 2 aromatic carbocycles. The van der Waals surface area contributed by atoms with Gasteiger partial charge in [0.1, 0.15) is 5.75 Å². The highest BCUT2D eigenvalue weighted by atomic mass is 32.2. The van der Waals surface area contributed by atoms with Crippen molar-refractivity contribution in [3.63, 3.8) is 0 Å². The molecule has 8 nitrogen and oxygen atoms in total. The first-order valence-corrected chi connectivity index (χ1v) is 12.7. The number of likely N-dealkylation sites (tertiary alicyclic amines) is 1. The minimum Gasteiger partial charge on any atom is -0.497 e. The number of anilines is 2. The molecule has 0 amide bonds. The number of hydrogen-bond acceptors (Lipinski definition) is 7. The standard InChI is InChI=1S/C25H29N5O3S/c1-33-23-6-4-5-20(17-23)7-8-21-18-26-25(27-19-21)29-22-9-11-24(12-10-22)34(31,32)28-13-16-30-14-2-3-15-30/h4-12,17-19,28H,2-3,13-16H2,1H3,(H,26,27,29). The Hall–Kier alpha value is -3.27. The predicted molar refractivity (Wildman–Crippen MR) is 135 cm³/mol. The fraction of sp³-hybridized carbons (Fsp3) is 0.280. The molecule has 0 bridgehead atoms. The van der Waals surface area contributed by atoms with Crippen molar-refractivity contribution in [2.75, 3.05) is 38.6 Å². The van der Waals surface area contributed by atoms with E-state index in [-0.39, 0.29) is 4.90 Å². The number of nitrogens with zero attached hydrogens (tertiary/aromatic N) is 3. The van der Waals surface area contributed by atoms with Gasteiger partial charge in [0, 0.05) is 36.7 Å². The molecule has 178 valence electrons. The third-order valence-corrected chi connectivity index (χ3v) is 7.05. The Labute approximate surface area is 200 Å². The first-order valence-electron chi connectivity index (χ1n) is 11.3. The van der Waals surface area contributed by atoms with Crippen molar-refractivity contribution >= 4 is 33.8 Å². The third-order valence-electron chi connectivity index (χ3n) is 5.57. The normalized spacial score (nSPS) is 14.5. The molecule has 0 spiro atoms. The molecule has 2 heterocycles. The largest absolute Gasteiger partial charge is 0.497 e. The lowest BCUT2D eigenvalue weighted by atomic mass is 10.2. The Balaban J connectivity index is 1.31. The van der Waals surface area contributed by atoms with E-state index < -0.39 is 10.0 Å². The molecule has 1 aliphatic rings. The summed E-state index contributed by atoms with van der Waals surface area (Å²) in [6, 6.07) is 14.3. The smallest absolute Gasteiger partial charge is 0.240 e. The molecule has 1 saturated heterocycles. The van der Waals surface area contributed by atoms with Gasteiger partial charge >= 0.3 is 0 Å². The van der Waals surface area contributed by atoms with Crippen molar-refractivity contribution in [3.05, 3.63) is 72.1 Å². The Morgan fingerprint density at radius 1 is 1.00 bits per heavy atom. The molecule has 4 rings (SSSR count). The van der Waals surface area contributed by atoms with Gasteiger partial charge in [-0.1, -0.05) is 24.3 Å². The molecule has 0 radical (unpaired) electrons. The average Bonchev–Trinajstić information content (AvgIpc) is 3.37. The molecular weight excluding hydrogens is 450 g/mol. The monoisotopic (exact) mass is 479 g/mol. The molecule has 0 atom stereocenters. The number of aromatic nitrogens is 2. The summed E-state index contributed by atoms with van der Waals surface area (Å²) in [4.78, 5) is 11.2. The van der Waals surface area contributed by atoms with Crippen LogP contribution in [0.15, 0.2) is 65.8 Å². The van der Waals surface area contributed by atoms with Crippen molar-refractivity contribution in [1.82, 2.24) is 19.6 Å². The molecule has 1 aromatic heterocycles. The van der Waals surface area contributed by atoms with Crippen molar-refractivity contribution in [2.24, 2.45) is 0 Å². The highest BCUT2D eigenvalue weighted by Crippen LogP contribution is 2.18. The fourth-order valence-electron chi connectivity index (χ4n) is 3.70. The van der Waals surface area contributed by atoms with E-state index in [1.54, 1.807) is 43.8 Å². The Morgan fingerprint density at radius 2 is 1.71 bits per heavy atom. The van der Waals surface area contributed by atoms with Crippen LogP contribution in [0.25, 0.3) is 12.2 Å². The molecule has 3 aromatic rings. The Kier molecular flexibility index (Phi) is 7.89. The second kappa shape index (κ2) is 11.2. The summed E-state index contributed by atoms with van der Waals surface area (Å²) in [6.45, 7) is 3.24. The van der Waals surface area contributed by atoms with E-state index in [0.29, 0.717) is 18.2 Å². The van der Waals surface area contributed by atoms with E-state index in [9.17, 15) is 8.42 Å². The van der Waals surface area contributed by atoms with Crippen LogP contribution in [0.5, 0.6) is 5.75 Å². The third kappa shape index (κ3) is 6.63. The number of nitrogens with one attached hydrogen (secondary N) is 2. The SMILES string of the molecule is COc1cccc(C=Cc2cnc(Nc3ccc(S(=O)(=O)NCCN4CCCC4)cc3)nc2)c1. The van der Waals surface area contributed by atoms with Gasteiger partial charge < -0.3 is 15.0 Å². The zero-order valence-electron chi connectivity index (χ0n) is 19.1. The minimum atomic E-state index is -3.53. The van der Waals surface area contributed by atoms with Gasteiger partial charge in [-0.05, 0) is 67.9 Å². The van der Waals surface area contributed by atoms with E-state index in [2.05, 4.69) is 24.9 Å². The lowest BCUT2D eigenvalue weighted by molar-refractivity contribution is 0.344. The van der Waals surface area contributed by atoms with Gasteiger partial charge in [0.2, 0.25) is 16.0 Å². The lowest BCUT2D eigenvalue weighted by Gasteiger charge is -2.15. The van der Waals surface area contributed by atoms with Crippen LogP contribution in [-0.4, -0.2) is 56.6 Å². The fourth-order valence-corrected chi connectivity index (χ4v) is 4.72. The Morgan fingerprint density at radius 3 is 2.41 bits per heavy atom. The van der Waals surface area contributed by atoms with Crippen molar-refractivity contribution in [3.8, 4) is 5.75 Å². The van der Waals surface area contributed by atoms with Crippen LogP contribution in [-0.2, 0) is 10.0 Å². The van der Waals surface area contributed by atoms with Crippen molar-refractivity contribution < 1.29 is 13.2 Å². The molecule has 0 aliphatic carbocycles. The van der Waals surface area contributed by atoms with Gasteiger partial charge in [-0.2, -0.15) is 0 Å². The summed E-state index contributed by atoms with van der Waals surface area (Å²) in [5.74, 6) is 1.23. The second-order valence-corrected chi connectivity index (χ2v) is 9.81.